The van der Waals surface area contributed by atoms with Crippen LogP contribution in [0.2, 0.25) is 0 Å². The summed E-state index contributed by atoms with van der Waals surface area (Å²) in [4.78, 5) is 11.5. The van der Waals surface area contributed by atoms with E-state index in [1.54, 1.807) is 19.1 Å². The van der Waals surface area contributed by atoms with Gasteiger partial charge in [-0.25, -0.2) is 22.8 Å². The SMILES string of the molecule is CCc1cccc(C(F)(F)F)c1.Cc1cc(N2CCCC(N(C)C)C2)cc(F)c1S(=O)(=O)Nc1ccncn1. The second kappa shape index (κ2) is 12.7. The molecule has 1 unspecified atom stereocenters. The zero-order valence-electron chi connectivity index (χ0n) is 22.3. The van der Waals surface area contributed by atoms with Gasteiger partial charge in [0, 0.05) is 31.0 Å². The van der Waals surface area contributed by atoms with E-state index in [2.05, 4.69) is 24.5 Å². The Kier molecular flexibility index (Phi) is 9.89. The van der Waals surface area contributed by atoms with Gasteiger partial charge in [-0.05, 0) is 75.7 Å². The summed E-state index contributed by atoms with van der Waals surface area (Å²) in [5.74, 6) is -0.670. The minimum absolute atomic E-state index is 0.0951. The van der Waals surface area contributed by atoms with Gasteiger partial charge < -0.3 is 9.80 Å². The minimum Gasteiger partial charge on any atom is -0.370 e. The van der Waals surface area contributed by atoms with E-state index in [0.29, 0.717) is 29.3 Å². The summed E-state index contributed by atoms with van der Waals surface area (Å²) in [6.45, 7) is 5.05. The lowest BCUT2D eigenvalue weighted by molar-refractivity contribution is -0.137. The van der Waals surface area contributed by atoms with Crippen LogP contribution in [0.5, 0.6) is 0 Å². The van der Waals surface area contributed by atoms with Crippen LogP contribution in [0.4, 0.5) is 29.1 Å². The molecule has 3 aromatic rings. The Morgan fingerprint density at radius 2 is 1.90 bits per heavy atom. The number of aryl methyl sites for hydroxylation is 2. The number of hydrogen-bond acceptors (Lipinski definition) is 6. The summed E-state index contributed by atoms with van der Waals surface area (Å²) in [5.41, 5.74) is 1.21. The van der Waals surface area contributed by atoms with Crippen molar-refractivity contribution < 1.29 is 26.0 Å². The summed E-state index contributed by atoms with van der Waals surface area (Å²) in [6, 6.07) is 10.2. The van der Waals surface area contributed by atoms with E-state index < -0.39 is 27.6 Å². The number of benzene rings is 2. The summed E-state index contributed by atoms with van der Waals surface area (Å²) in [6.07, 6.45) is 1.16. The van der Waals surface area contributed by atoms with E-state index in [-0.39, 0.29) is 10.7 Å². The topological polar surface area (TPSA) is 78.4 Å². The summed E-state index contributed by atoms with van der Waals surface area (Å²) in [5, 5.41) is 0. The maximum Gasteiger partial charge on any atom is 0.416 e. The lowest BCUT2D eigenvalue weighted by Gasteiger charge is -2.37. The van der Waals surface area contributed by atoms with Crippen molar-refractivity contribution >= 4 is 21.5 Å². The van der Waals surface area contributed by atoms with Crippen LogP contribution in [0.1, 0.15) is 36.5 Å². The van der Waals surface area contributed by atoms with Gasteiger partial charge in [0.25, 0.3) is 10.0 Å². The van der Waals surface area contributed by atoms with Gasteiger partial charge in [-0.1, -0.05) is 25.1 Å². The Hall–Kier alpha value is -3.25. The maximum atomic E-state index is 14.8. The van der Waals surface area contributed by atoms with E-state index in [1.807, 2.05) is 21.0 Å². The van der Waals surface area contributed by atoms with Crippen LogP contribution in [0.25, 0.3) is 0 Å². The molecule has 1 aliphatic heterocycles. The molecule has 0 saturated carbocycles. The van der Waals surface area contributed by atoms with Crippen LogP contribution in [-0.2, 0) is 22.6 Å². The van der Waals surface area contributed by atoms with Crippen molar-refractivity contribution in [1.29, 1.82) is 0 Å². The average molecular weight is 568 g/mol. The fourth-order valence-corrected chi connectivity index (χ4v) is 5.65. The number of nitrogens with one attached hydrogen (secondary N) is 1. The molecule has 0 spiro atoms. The van der Waals surface area contributed by atoms with Crippen LogP contribution in [-0.4, -0.2) is 56.5 Å². The van der Waals surface area contributed by atoms with Crippen molar-refractivity contribution in [2.24, 2.45) is 0 Å². The standard InChI is InChI=1S/C18H24FN5O2S.C9H9F3/c1-13-9-15(24-8-4-5-14(11-24)23(2)3)10-16(19)18(13)27(25,26)22-17-6-7-20-12-21-17;1-2-7-4-3-5-8(6-7)9(10,11)12/h6-7,9-10,12,14H,4-5,8,11H2,1-3H3,(H,20,21,22);3-6H,2H2,1H3. The quantitative estimate of drug-likeness (QED) is 0.395. The predicted molar refractivity (Wildman–Crippen MR) is 144 cm³/mol. The van der Waals surface area contributed by atoms with Crippen LogP contribution in [0.3, 0.4) is 0 Å². The number of nitrogens with zero attached hydrogens (tertiary/aromatic N) is 4. The zero-order valence-corrected chi connectivity index (χ0v) is 23.2. The molecule has 2 heterocycles. The monoisotopic (exact) mass is 567 g/mol. The summed E-state index contributed by atoms with van der Waals surface area (Å²) < 4.78 is 78.7. The molecule has 1 atom stereocenters. The molecule has 4 rings (SSSR count). The molecule has 0 radical (unpaired) electrons. The number of sulfonamides is 1. The van der Waals surface area contributed by atoms with E-state index in [4.69, 9.17) is 0 Å². The van der Waals surface area contributed by atoms with Gasteiger partial charge >= 0.3 is 6.18 Å². The smallest absolute Gasteiger partial charge is 0.370 e. The number of aromatic nitrogens is 2. The van der Waals surface area contributed by atoms with Gasteiger partial charge in [-0.2, -0.15) is 13.2 Å². The highest BCUT2D eigenvalue weighted by atomic mass is 32.2. The van der Waals surface area contributed by atoms with Gasteiger partial charge in [0.15, 0.2) is 0 Å². The molecular formula is C27H33F4N5O2S. The first-order chi connectivity index (χ1) is 18.3. The highest BCUT2D eigenvalue weighted by Gasteiger charge is 2.30. The van der Waals surface area contributed by atoms with E-state index in [0.717, 1.165) is 32.0 Å². The molecular weight excluding hydrogens is 534 g/mol. The van der Waals surface area contributed by atoms with E-state index >= 15 is 0 Å². The second-order valence-corrected chi connectivity index (χ2v) is 11.2. The Bertz CT molecular complexity index is 1330. The number of anilines is 2. The molecule has 1 saturated heterocycles. The van der Waals surface area contributed by atoms with E-state index in [1.165, 1.54) is 36.8 Å². The Balaban J connectivity index is 0.000000293. The zero-order chi connectivity index (χ0) is 28.8. The molecule has 7 nitrogen and oxygen atoms in total. The number of likely N-dealkylation sites (N-methyl/N-ethyl adjacent to an activating group) is 1. The fraction of sp³-hybridized carbons (Fsp3) is 0.407. The number of piperidine rings is 1. The number of alkyl halides is 3. The Morgan fingerprint density at radius 3 is 2.49 bits per heavy atom. The predicted octanol–water partition coefficient (Wildman–Crippen LogP) is 5.52. The van der Waals surface area contributed by atoms with Crippen LogP contribution in [0.15, 0.2) is 59.9 Å². The van der Waals surface area contributed by atoms with Crippen molar-refractivity contribution in [2.45, 2.75) is 50.2 Å². The van der Waals surface area contributed by atoms with Crippen molar-refractivity contribution in [1.82, 2.24) is 14.9 Å². The van der Waals surface area contributed by atoms with Crippen molar-refractivity contribution in [3.05, 3.63) is 77.5 Å². The van der Waals surface area contributed by atoms with Gasteiger partial charge in [0.1, 0.15) is 22.9 Å². The molecule has 1 fully saturated rings. The first-order valence-corrected chi connectivity index (χ1v) is 14.0. The highest BCUT2D eigenvalue weighted by Crippen LogP contribution is 2.30. The number of halogens is 4. The van der Waals surface area contributed by atoms with Gasteiger partial charge in [0.2, 0.25) is 0 Å². The maximum absolute atomic E-state index is 14.8. The molecule has 0 aliphatic carbocycles. The molecule has 212 valence electrons. The lowest BCUT2D eigenvalue weighted by atomic mass is 10.0. The largest absolute Gasteiger partial charge is 0.416 e. The molecule has 0 amide bonds. The summed E-state index contributed by atoms with van der Waals surface area (Å²) in [7, 11) is -0.0160. The van der Waals surface area contributed by atoms with Crippen LogP contribution in [0, 0.1) is 12.7 Å². The van der Waals surface area contributed by atoms with Gasteiger partial charge in [0.05, 0.1) is 5.56 Å². The van der Waals surface area contributed by atoms with Crippen LogP contribution < -0.4 is 9.62 Å². The van der Waals surface area contributed by atoms with Crippen molar-refractivity contribution in [3.63, 3.8) is 0 Å². The number of hydrogen-bond donors (Lipinski definition) is 1. The normalized spacial score (nSPS) is 16.0. The van der Waals surface area contributed by atoms with Crippen molar-refractivity contribution in [2.75, 3.05) is 36.8 Å². The first kappa shape index (κ1) is 30.3. The molecule has 2 aromatic carbocycles. The molecule has 39 heavy (non-hydrogen) atoms. The Labute approximate surface area is 226 Å². The fourth-order valence-electron chi connectivity index (χ4n) is 4.35. The first-order valence-electron chi connectivity index (χ1n) is 12.5. The molecule has 12 heteroatoms. The molecule has 0 bridgehead atoms. The minimum atomic E-state index is -4.22. The van der Waals surface area contributed by atoms with E-state index in [9.17, 15) is 26.0 Å². The Morgan fingerprint density at radius 1 is 1.15 bits per heavy atom. The molecule has 1 aliphatic rings. The van der Waals surface area contributed by atoms with Crippen molar-refractivity contribution in [3.8, 4) is 0 Å². The lowest BCUT2D eigenvalue weighted by Crippen LogP contribution is -2.45. The van der Waals surface area contributed by atoms with Crippen LogP contribution >= 0.6 is 0 Å². The second-order valence-electron chi connectivity index (χ2n) is 9.53. The molecule has 1 aromatic heterocycles. The third-order valence-corrected chi connectivity index (χ3v) is 7.99. The average Bonchev–Trinajstić information content (AvgIpc) is 2.88. The van der Waals surface area contributed by atoms with Gasteiger partial charge in [-0.3, -0.25) is 4.72 Å². The highest BCUT2D eigenvalue weighted by molar-refractivity contribution is 7.92. The third kappa shape index (κ3) is 8.12. The summed E-state index contributed by atoms with van der Waals surface area (Å²) >= 11 is 0. The third-order valence-electron chi connectivity index (χ3n) is 6.46. The number of rotatable bonds is 6. The van der Waals surface area contributed by atoms with Gasteiger partial charge in [-0.15, -0.1) is 0 Å². The molecule has 1 N–H and O–H groups in total.